The van der Waals surface area contributed by atoms with Crippen LogP contribution in [0, 0.1) is 0 Å². The number of hydrogen-bond donors (Lipinski definition) is 1. The van der Waals surface area contributed by atoms with E-state index in [1.165, 1.54) is 0 Å². The zero-order valence-electron chi connectivity index (χ0n) is 12.3. The number of carbonyl (C=O) groups is 1. The summed E-state index contributed by atoms with van der Waals surface area (Å²) >= 11 is 2.87. The van der Waals surface area contributed by atoms with Gasteiger partial charge in [-0.15, -0.1) is 0 Å². The van der Waals surface area contributed by atoms with Crippen LogP contribution in [0.4, 0.5) is 0 Å². The molecule has 0 bridgehead atoms. The highest BCUT2D eigenvalue weighted by Gasteiger charge is 1.99. The molecule has 0 aliphatic heterocycles. The fourth-order valence-electron chi connectivity index (χ4n) is 0.473. The Labute approximate surface area is 83.6 Å². The van der Waals surface area contributed by atoms with Crippen molar-refractivity contribution in [1.82, 2.24) is 5.32 Å². The minimum Gasteiger partial charge on any atom is -0.355 e. The van der Waals surface area contributed by atoms with Gasteiger partial charge in [0, 0.05) is 21.1 Å². The monoisotopic (exact) mass is 220 g/mol. The fourth-order valence-corrected chi connectivity index (χ4v) is 0.672. The summed E-state index contributed by atoms with van der Waals surface area (Å²) in [5, 5.41) is 1.63. The van der Waals surface area contributed by atoms with Crippen LogP contribution in [0.1, 0.15) is 20.0 Å². The maximum Gasteiger partial charge on any atom is 0.251 e. The first-order valence-electron chi connectivity index (χ1n) is 6.14. The lowest BCUT2D eigenvalue weighted by Crippen LogP contribution is -2.17. The van der Waals surface area contributed by atoms with Crippen molar-refractivity contribution in [2.45, 2.75) is 0 Å². The van der Waals surface area contributed by atoms with Crippen LogP contribution >= 0.6 is 15.9 Å². The van der Waals surface area contributed by atoms with Crippen LogP contribution in [-0.4, -0.2) is 12.9 Å². The van der Waals surface area contributed by atoms with Crippen molar-refractivity contribution < 1.29 is 14.4 Å². The Balaban J connectivity index is 3.38. The molecule has 0 spiro atoms. The quantitative estimate of drug-likeness (QED) is 0.769. The second kappa shape index (κ2) is 3.53. The van der Waals surface area contributed by atoms with Gasteiger partial charge >= 0.3 is 0 Å². The highest BCUT2D eigenvalue weighted by atomic mass is 79.9. The normalized spacial score (nSPS) is 19.5. The van der Waals surface area contributed by atoms with Gasteiger partial charge in [0.05, 0.1) is 5.48 Å². The summed E-state index contributed by atoms with van der Waals surface area (Å²) in [4.78, 5) is 11.6. The molecule has 0 saturated heterocycles. The molecular formula is C8H8BrNO. The summed E-state index contributed by atoms with van der Waals surface area (Å²) in [7, 11) is 0. The molecule has 1 amide bonds. The van der Waals surface area contributed by atoms with Crippen LogP contribution in [0.5, 0.6) is 0 Å². The maximum atomic E-state index is 11.6. The molecule has 11 heavy (non-hydrogen) atoms. The maximum absolute atomic E-state index is 11.6. The van der Waals surface area contributed by atoms with Crippen LogP contribution in [0.3, 0.4) is 0 Å². The van der Waals surface area contributed by atoms with Crippen LogP contribution < -0.4 is 5.32 Å². The molecule has 1 aromatic rings. The number of nitrogens with one attached hydrogen (secondary N) is 1. The zero-order chi connectivity index (χ0) is 14.2. The first-order chi connectivity index (χ1) is 8.06. The molecule has 0 saturated carbocycles. The average molecular weight is 221 g/mol. The molecule has 0 aromatic heterocycles. The van der Waals surface area contributed by atoms with E-state index in [0.29, 0.717) is 0 Å². The SMILES string of the molecule is [2H]c1c([2H])c(C(=O)NC([2H])([2H])[2H])c([2H])c([2H])c1Br. The summed E-state index contributed by atoms with van der Waals surface area (Å²) < 4.78 is 50.6. The van der Waals surface area contributed by atoms with E-state index in [2.05, 4.69) is 15.9 Å². The van der Waals surface area contributed by atoms with Gasteiger partial charge in [-0.05, 0) is 24.2 Å². The van der Waals surface area contributed by atoms with Crippen molar-refractivity contribution >= 4 is 21.8 Å². The van der Waals surface area contributed by atoms with Gasteiger partial charge in [-0.3, -0.25) is 4.79 Å². The predicted octanol–water partition coefficient (Wildman–Crippen LogP) is 1.81. The molecule has 3 heteroatoms. The Hall–Kier alpha value is -0.830. The van der Waals surface area contributed by atoms with Gasteiger partial charge in [0.25, 0.3) is 5.91 Å². The topological polar surface area (TPSA) is 29.1 Å². The number of hydrogen-bond acceptors (Lipinski definition) is 1. The van der Waals surface area contributed by atoms with Gasteiger partial charge in [0.15, 0.2) is 0 Å². The molecule has 2 nitrogen and oxygen atoms in total. The molecule has 0 radical (unpaired) electrons. The Morgan fingerprint density at radius 3 is 2.82 bits per heavy atom. The van der Waals surface area contributed by atoms with E-state index in [1.807, 2.05) is 0 Å². The third-order valence-electron chi connectivity index (χ3n) is 0.935. The second-order valence-electron chi connectivity index (χ2n) is 1.64. The van der Waals surface area contributed by atoms with E-state index in [0.717, 1.165) is 0 Å². The Bertz CT molecular complexity index is 484. The second-order valence-corrected chi connectivity index (χ2v) is 2.44. The van der Waals surface area contributed by atoms with Crippen molar-refractivity contribution in [3.05, 3.63) is 34.2 Å². The van der Waals surface area contributed by atoms with Gasteiger partial charge in [-0.25, -0.2) is 0 Å². The average Bonchev–Trinajstić information content (AvgIpc) is 2.21. The standard InChI is InChI=1S/C8H8BrNO/c1-10-8(11)6-2-4-7(9)5-3-6/h2-5H,1H3,(H,10,11)/i1D3,2D,3D,4D,5D. The molecule has 0 atom stereocenters. The van der Waals surface area contributed by atoms with Crippen LogP contribution in [0.2, 0.25) is 0 Å². The molecule has 1 rings (SSSR count). The van der Waals surface area contributed by atoms with Crippen molar-refractivity contribution in [2.24, 2.45) is 0 Å². The largest absolute Gasteiger partial charge is 0.355 e. The van der Waals surface area contributed by atoms with Gasteiger partial charge < -0.3 is 5.32 Å². The smallest absolute Gasteiger partial charge is 0.251 e. The molecule has 0 aliphatic carbocycles. The molecule has 58 valence electrons. The lowest BCUT2D eigenvalue weighted by atomic mass is 10.2. The molecule has 1 N–H and O–H groups in total. The van der Waals surface area contributed by atoms with Crippen molar-refractivity contribution in [3.8, 4) is 0 Å². The minimum absolute atomic E-state index is 0.0806. The van der Waals surface area contributed by atoms with E-state index in [9.17, 15) is 4.79 Å². The number of amides is 1. The van der Waals surface area contributed by atoms with Crippen molar-refractivity contribution in [2.75, 3.05) is 6.98 Å². The minimum atomic E-state index is -2.76. The fraction of sp³-hybridized carbons (Fsp3) is 0.125. The number of rotatable bonds is 1. The van der Waals surface area contributed by atoms with E-state index in [4.69, 9.17) is 9.60 Å². The molecular weight excluding hydrogens is 206 g/mol. The summed E-state index contributed by atoms with van der Waals surface area (Å²) in [6.45, 7) is -2.76. The van der Waals surface area contributed by atoms with Crippen molar-refractivity contribution in [3.63, 3.8) is 0 Å². The highest BCUT2D eigenvalue weighted by molar-refractivity contribution is 9.10. The summed E-state index contributed by atoms with van der Waals surface area (Å²) in [6, 6.07) is -2.06. The first kappa shape index (κ1) is 2.90. The van der Waals surface area contributed by atoms with Gasteiger partial charge in [0.1, 0.15) is 0 Å². The Kier molecular flexibility index (Phi) is 0.931. The van der Waals surface area contributed by atoms with E-state index < -0.39 is 42.6 Å². The van der Waals surface area contributed by atoms with Crippen LogP contribution in [-0.2, 0) is 0 Å². The molecule has 0 fully saturated rings. The van der Waals surface area contributed by atoms with E-state index in [1.54, 1.807) is 5.32 Å². The van der Waals surface area contributed by atoms with Crippen LogP contribution in [0.25, 0.3) is 0 Å². The van der Waals surface area contributed by atoms with Gasteiger partial charge in [-0.1, -0.05) is 15.9 Å². The van der Waals surface area contributed by atoms with Crippen molar-refractivity contribution in [1.29, 1.82) is 0 Å². The zero-order valence-corrected chi connectivity index (χ0v) is 6.87. The molecule has 0 aliphatic rings. The lowest BCUT2D eigenvalue weighted by Gasteiger charge is -1.97. The summed E-state index contributed by atoms with van der Waals surface area (Å²) in [6.07, 6.45) is 0. The highest BCUT2D eigenvalue weighted by Crippen LogP contribution is 2.09. The van der Waals surface area contributed by atoms with Gasteiger partial charge in [0.2, 0.25) is 0 Å². The Morgan fingerprint density at radius 1 is 1.64 bits per heavy atom. The number of benzene rings is 1. The number of carbonyl (C=O) groups excluding carboxylic acids is 1. The molecule has 1 aromatic carbocycles. The third-order valence-corrected chi connectivity index (χ3v) is 1.33. The third kappa shape index (κ3) is 2.05. The molecule has 0 unspecified atom stereocenters. The lowest BCUT2D eigenvalue weighted by molar-refractivity contribution is 0.0963. The first-order valence-corrected chi connectivity index (χ1v) is 3.44. The Morgan fingerprint density at radius 2 is 2.27 bits per heavy atom. The van der Waals surface area contributed by atoms with Crippen LogP contribution in [0.15, 0.2) is 28.6 Å². The summed E-state index contributed by atoms with van der Waals surface area (Å²) in [5.41, 5.74) is -0.593. The van der Waals surface area contributed by atoms with E-state index >= 15 is 0 Å². The van der Waals surface area contributed by atoms with Gasteiger partial charge in [-0.2, -0.15) is 0 Å². The summed E-state index contributed by atoms with van der Waals surface area (Å²) in [5.74, 6) is -1.17. The van der Waals surface area contributed by atoms with E-state index in [-0.39, 0.29) is 4.47 Å². The molecule has 0 heterocycles. The predicted molar refractivity (Wildman–Crippen MR) is 47.5 cm³/mol. The number of halogens is 1.